The van der Waals surface area contributed by atoms with Crippen LogP contribution in [0.4, 0.5) is 10.1 Å². The van der Waals surface area contributed by atoms with E-state index in [9.17, 15) is 14.0 Å². The van der Waals surface area contributed by atoms with Crippen molar-refractivity contribution >= 4 is 17.6 Å². The van der Waals surface area contributed by atoms with Crippen LogP contribution in [-0.4, -0.2) is 17.0 Å². The Balaban J connectivity index is 2.93. The van der Waals surface area contributed by atoms with Gasteiger partial charge in [0.15, 0.2) is 5.82 Å². The molecule has 16 heavy (non-hydrogen) atoms. The molecule has 0 heterocycles. The Morgan fingerprint density at radius 2 is 2.12 bits per heavy atom. The highest BCUT2D eigenvalue weighted by Gasteiger charge is 2.14. The van der Waals surface area contributed by atoms with E-state index < -0.39 is 17.3 Å². The van der Waals surface area contributed by atoms with Crippen LogP contribution >= 0.6 is 0 Å². The minimum absolute atomic E-state index is 0.0987. The summed E-state index contributed by atoms with van der Waals surface area (Å²) >= 11 is 0. The summed E-state index contributed by atoms with van der Waals surface area (Å²) in [6.45, 7) is 1.82. The van der Waals surface area contributed by atoms with Crippen molar-refractivity contribution in [3.8, 4) is 0 Å². The summed E-state index contributed by atoms with van der Waals surface area (Å²) in [6, 6.07) is 3.86. The molecule has 0 fully saturated rings. The van der Waals surface area contributed by atoms with E-state index in [-0.39, 0.29) is 18.0 Å². The van der Waals surface area contributed by atoms with Gasteiger partial charge in [-0.3, -0.25) is 4.79 Å². The Morgan fingerprint density at radius 3 is 2.69 bits per heavy atom. The number of aromatic carboxylic acids is 1. The topological polar surface area (TPSA) is 66.4 Å². The molecular weight excluding hydrogens is 213 g/mol. The molecule has 0 aliphatic rings. The first kappa shape index (κ1) is 12.2. The lowest BCUT2D eigenvalue weighted by Crippen LogP contribution is -2.13. The number of hydrogen-bond donors (Lipinski definition) is 2. The Hall–Kier alpha value is -1.91. The predicted molar refractivity (Wildman–Crippen MR) is 56.9 cm³/mol. The van der Waals surface area contributed by atoms with Crippen LogP contribution in [0.5, 0.6) is 0 Å². The van der Waals surface area contributed by atoms with E-state index >= 15 is 0 Å². The Bertz CT molecular complexity index is 418. The van der Waals surface area contributed by atoms with Gasteiger partial charge in [0.1, 0.15) is 0 Å². The summed E-state index contributed by atoms with van der Waals surface area (Å²) in [7, 11) is 0. The average Bonchev–Trinajstić information content (AvgIpc) is 2.21. The third-order valence-electron chi connectivity index (χ3n) is 1.98. The summed E-state index contributed by atoms with van der Waals surface area (Å²) in [5.74, 6) is -2.60. The van der Waals surface area contributed by atoms with E-state index in [4.69, 9.17) is 5.11 Å². The van der Waals surface area contributed by atoms with Gasteiger partial charge in [-0.25, -0.2) is 9.18 Å². The minimum atomic E-state index is -1.36. The SMILES string of the molecule is CCCC(=O)Nc1cccc(C(=O)O)c1F. The van der Waals surface area contributed by atoms with Gasteiger partial charge in [0.25, 0.3) is 0 Å². The van der Waals surface area contributed by atoms with Crippen LogP contribution in [0.1, 0.15) is 30.1 Å². The summed E-state index contributed by atoms with van der Waals surface area (Å²) in [5, 5.41) is 11.0. The molecule has 86 valence electrons. The number of carboxylic acid groups (broad SMARTS) is 1. The molecule has 2 N–H and O–H groups in total. The van der Waals surface area contributed by atoms with Crippen LogP contribution in [0.25, 0.3) is 0 Å². The number of anilines is 1. The zero-order valence-electron chi connectivity index (χ0n) is 8.79. The van der Waals surface area contributed by atoms with Crippen molar-refractivity contribution in [2.24, 2.45) is 0 Å². The molecule has 0 radical (unpaired) electrons. The van der Waals surface area contributed by atoms with E-state index in [2.05, 4.69) is 5.32 Å². The largest absolute Gasteiger partial charge is 0.478 e. The van der Waals surface area contributed by atoms with E-state index in [0.29, 0.717) is 6.42 Å². The normalized spacial score (nSPS) is 9.88. The van der Waals surface area contributed by atoms with E-state index in [1.54, 1.807) is 0 Å². The predicted octanol–water partition coefficient (Wildman–Crippen LogP) is 2.26. The number of nitrogens with one attached hydrogen (secondary N) is 1. The summed E-state index contributed by atoms with van der Waals surface area (Å²) in [6.07, 6.45) is 0.919. The maximum Gasteiger partial charge on any atom is 0.338 e. The molecule has 0 saturated carbocycles. The lowest BCUT2D eigenvalue weighted by molar-refractivity contribution is -0.116. The molecule has 0 aliphatic heterocycles. The van der Waals surface area contributed by atoms with Crippen molar-refractivity contribution in [2.45, 2.75) is 19.8 Å². The van der Waals surface area contributed by atoms with Crippen molar-refractivity contribution in [3.63, 3.8) is 0 Å². The maximum absolute atomic E-state index is 13.5. The van der Waals surface area contributed by atoms with Gasteiger partial charge < -0.3 is 10.4 Å². The molecular formula is C11H12FNO3. The first-order valence-corrected chi connectivity index (χ1v) is 4.88. The van der Waals surface area contributed by atoms with Gasteiger partial charge in [0.2, 0.25) is 5.91 Å². The van der Waals surface area contributed by atoms with Crippen molar-refractivity contribution in [1.82, 2.24) is 0 Å². The third kappa shape index (κ3) is 2.79. The molecule has 0 saturated heterocycles. The first-order chi connectivity index (χ1) is 7.56. The Morgan fingerprint density at radius 1 is 1.44 bits per heavy atom. The van der Waals surface area contributed by atoms with Crippen LogP contribution in [0.3, 0.4) is 0 Å². The van der Waals surface area contributed by atoms with E-state index in [1.807, 2.05) is 6.92 Å². The van der Waals surface area contributed by atoms with Gasteiger partial charge in [0, 0.05) is 6.42 Å². The highest BCUT2D eigenvalue weighted by molar-refractivity contribution is 5.94. The highest BCUT2D eigenvalue weighted by Crippen LogP contribution is 2.18. The standard InChI is InChI=1S/C11H12FNO3/c1-2-4-9(14)13-8-6-3-5-7(10(8)12)11(15)16/h3,5-6H,2,4H2,1H3,(H,13,14)(H,15,16). The Labute approximate surface area is 92.1 Å². The number of amides is 1. The lowest BCUT2D eigenvalue weighted by Gasteiger charge is -2.07. The fourth-order valence-electron chi connectivity index (χ4n) is 1.23. The summed E-state index contributed by atoms with van der Waals surface area (Å²) in [4.78, 5) is 21.9. The van der Waals surface area contributed by atoms with Crippen molar-refractivity contribution in [1.29, 1.82) is 0 Å². The van der Waals surface area contributed by atoms with Crippen LogP contribution < -0.4 is 5.32 Å². The quantitative estimate of drug-likeness (QED) is 0.825. The first-order valence-electron chi connectivity index (χ1n) is 4.88. The number of carbonyl (C=O) groups excluding carboxylic acids is 1. The zero-order valence-corrected chi connectivity index (χ0v) is 8.79. The van der Waals surface area contributed by atoms with Crippen LogP contribution in [0.2, 0.25) is 0 Å². The summed E-state index contributed by atoms with van der Waals surface area (Å²) < 4.78 is 13.5. The van der Waals surface area contributed by atoms with Crippen LogP contribution in [0, 0.1) is 5.82 Å². The molecule has 5 heteroatoms. The minimum Gasteiger partial charge on any atom is -0.478 e. The van der Waals surface area contributed by atoms with Crippen LogP contribution in [0.15, 0.2) is 18.2 Å². The molecule has 0 bridgehead atoms. The second kappa shape index (κ2) is 5.25. The molecule has 1 rings (SSSR count). The van der Waals surface area contributed by atoms with Gasteiger partial charge in [-0.05, 0) is 18.6 Å². The fourth-order valence-corrected chi connectivity index (χ4v) is 1.23. The number of carboxylic acids is 1. The average molecular weight is 225 g/mol. The summed E-state index contributed by atoms with van der Waals surface area (Å²) in [5.41, 5.74) is -0.548. The van der Waals surface area contributed by atoms with E-state index in [1.165, 1.54) is 12.1 Å². The molecule has 0 atom stereocenters. The highest BCUT2D eigenvalue weighted by atomic mass is 19.1. The number of carbonyl (C=O) groups is 2. The molecule has 1 aromatic carbocycles. The molecule has 0 aromatic heterocycles. The van der Waals surface area contributed by atoms with Gasteiger partial charge in [-0.2, -0.15) is 0 Å². The molecule has 0 aliphatic carbocycles. The lowest BCUT2D eigenvalue weighted by atomic mass is 10.2. The molecule has 1 amide bonds. The smallest absolute Gasteiger partial charge is 0.338 e. The van der Waals surface area contributed by atoms with Crippen molar-refractivity contribution < 1.29 is 19.1 Å². The van der Waals surface area contributed by atoms with Crippen molar-refractivity contribution in [2.75, 3.05) is 5.32 Å². The molecule has 4 nitrogen and oxygen atoms in total. The third-order valence-corrected chi connectivity index (χ3v) is 1.98. The van der Waals surface area contributed by atoms with Crippen molar-refractivity contribution in [3.05, 3.63) is 29.6 Å². The molecule has 1 aromatic rings. The molecule has 0 unspecified atom stereocenters. The Kier molecular flexibility index (Phi) is 3.99. The van der Waals surface area contributed by atoms with E-state index in [0.717, 1.165) is 6.07 Å². The number of benzene rings is 1. The maximum atomic E-state index is 13.5. The zero-order chi connectivity index (χ0) is 12.1. The second-order valence-electron chi connectivity index (χ2n) is 3.27. The number of hydrogen-bond acceptors (Lipinski definition) is 2. The number of rotatable bonds is 4. The van der Waals surface area contributed by atoms with Crippen LogP contribution in [-0.2, 0) is 4.79 Å². The fraction of sp³-hybridized carbons (Fsp3) is 0.273. The second-order valence-corrected chi connectivity index (χ2v) is 3.27. The monoisotopic (exact) mass is 225 g/mol. The van der Waals surface area contributed by atoms with Gasteiger partial charge in [-0.15, -0.1) is 0 Å². The van der Waals surface area contributed by atoms with Gasteiger partial charge in [-0.1, -0.05) is 13.0 Å². The molecule has 0 spiro atoms. The van der Waals surface area contributed by atoms with Gasteiger partial charge in [0.05, 0.1) is 11.3 Å². The number of halogens is 1. The van der Waals surface area contributed by atoms with Gasteiger partial charge >= 0.3 is 5.97 Å².